The molecule has 0 amide bonds. The number of ether oxygens (including phenoxy) is 1. The van der Waals surface area contributed by atoms with Crippen LogP contribution in [-0.2, 0) is 16.1 Å². The van der Waals surface area contributed by atoms with Crippen molar-refractivity contribution in [3.05, 3.63) is 23.8 Å². The maximum Gasteiger partial charge on any atom is 0.310 e. The van der Waals surface area contributed by atoms with Crippen LogP contribution in [0, 0.1) is 28.6 Å². The Labute approximate surface area is 111 Å². The number of allylic oxidation sites excluding steroid dienone is 2. The van der Waals surface area contributed by atoms with Gasteiger partial charge in [-0.3, -0.25) is 9.89 Å². The molecule has 1 saturated carbocycles. The number of nitrogens with zero attached hydrogens (tertiary/aromatic N) is 3. The standard InChI is InChI=1S/C13H16N4O2/c1-8(5-14)4-9-11(13(9,2)3)12(18)19-6-10-15-7-16-17-10/h4,7,9,11H,6H2,1-3H3,(H,15,16,17)/b8-4-/t9-,11+/m1/s1. The Bertz CT molecular complexity index is 539. The molecule has 6 heteroatoms. The summed E-state index contributed by atoms with van der Waals surface area (Å²) >= 11 is 0. The van der Waals surface area contributed by atoms with Crippen molar-refractivity contribution in [2.75, 3.05) is 0 Å². The molecule has 0 unspecified atom stereocenters. The summed E-state index contributed by atoms with van der Waals surface area (Å²) in [4.78, 5) is 15.9. The number of aromatic amines is 1. The van der Waals surface area contributed by atoms with Gasteiger partial charge >= 0.3 is 5.97 Å². The number of nitrogens with one attached hydrogen (secondary N) is 1. The molecule has 0 spiro atoms. The quantitative estimate of drug-likeness (QED) is 0.655. The Kier molecular flexibility index (Phi) is 3.38. The lowest BCUT2D eigenvalue weighted by Crippen LogP contribution is -2.11. The molecule has 19 heavy (non-hydrogen) atoms. The molecule has 1 aromatic rings. The maximum absolute atomic E-state index is 12.0. The summed E-state index contributed by atoms with van der Waals surface area (Å²) in [7, 11) is 0. The van der Waals surface area contributed by atoms with Gasteiger partial charge in [0.15, 0.2) is 12.4 Å². The molecular formula is C13H16N4O2. The lowest BCUT2D eigenvalue weighted by atomic mass is 10.1. The molecule has 0 radical (unpaired) electrons. The van der Waals surface area contributed by atoms with E-state index in [2.05, 4.69) is 21.3 Å². The monoisotopic (exact) mass is 260 g/mol. The topological polar surface area (TPSA) is 91.7 Å². The molecule has 0 aliphatic heterocycles. The zero-order valence-electron chi connectivity index (χ0n) is 11.2. The number of H-pyrrole nitrogens is 1. The van der Waals surface area contributed by atoms with E-state index in [4.69, 9.17) is 10.00 Å². The van der Waals surface area contributed by atoms with Gasteiger partial charge in [-0.25, -0.2) is 4.98 Å². The number of rotatable bonds is 4. The zero-order chi connectivity index (χ0) is 14.0. The second kappa shape index (κ2) is 4.84. The summed E-state index contributed by atoms with van der Waals surface area (Å²) in [6, 6.07) is 2.07. The number of carbonyl (C=O) groups is 1. The van der Waals surface area contributed by atoms with Gasteiger partial charge in [-0.05, 0) is 18.3 Å². The van der Waals surface area contributed by atoms with Gasteiger partial charge in [0.1, 0.15) is 6.33 Å². The highest BCUT2D eigenvalue weighted by Gasteiger charge is 2.61. The van der Waals surface area contributed by atoms with E-state index in [1.54, 1.807) is 6.92 Å². The normalized spacial score (nSPS) is 24.6. The molecule has 0 aromatic carbocycles. The van der Waals surface area contributed by atoms with Crippen molar-refractivity contribution in [2.45, 2.75) is 27.4 Å². The van der Waals surface area contributed by atoms with Gasteiger partial charge in [0.2, 0.25) is 0 Å². The molecule has 0 saturated heterocycles. The van der Waals surface area contributed by atoms with Crippen molar-refractivity contribution in [3.63, 3.8) is 0 Å². The van der Waals surface area contributed by atoms with Gasteiger partial charge < -0.3 is 4.74 Å². The smallest absolute Gasteiger partial charge is 0.310 e. The van der Waals surface area contributed by atoms with Crippen LogP contribution < -0.4 is 0 Å². The van der Waals surface area contributed by atoms with Gasteiger partial charge in [-0.15, -0.1) is 0 Å². The molecule has 1 aromatic heterocycles. The fraction of sp³-hybridized carbons (Fsp3) is 0.538. The molecule has 2 rings (SSSR count). The third kappa shape index (κ3) is 2.65. The number of carbonyl (C=O) groups excluding carboxylic acids is 1. The lowest BCUT2D eigenvalue weighted by Gasteiger charge is -2.03. The first-order valence-corrected chi connectivity index (χ1v) is 6.06. The molecular weight excluding hydrogens is 244 g/mol. The van der Waals surface area contributed by atoms with Crippen LogP contribution in [0.4, 0.5) is 0 Å². The van der Waals surface area contributed by atoms with E-state index in [0.29, 0.717) is 11.4 Å². The molecule has 1 N–H and O–H groups in total. The van der Waals surface area contributed by atoms with Crippen LogP contribution in [0.5, 0.6) is 0 Å². The average molecular weight is 260 g/mol. The van der Waals surface area contributed by atoms with Crippen molar-refractivity contribution in [3.8, 4) is 6.07 Å². The Balaban J connectivity index is 1.95. The fourth-order valence-electron chi connectivity index (χ4n) is 2.28. The Hall–Kier alpha value is -2.16. The maximum atomic E-state index is 12.0. The van der Waals surface area contributed by atoms with Crippen LogP contribution in [0.15, 0.2) is 18.0 Å². The Morgan fingerprint density at radius 2 is 2.42 bits per heavy atom. The number of esters is 1. The van der Waals surface area contributed by atoms with Gasteiger partial charge in [0.25, 0.3) is 0 Å². The van der Waals surface area contributed by atoms with E-state index in [1.807, 2.05) is 19.9 Å². The molecule has 100 valence electrons. The first kappa shape index (κ1) is 13.3. The first-order chi connectivity index (χ1) is 8.96. The number of nitriles is 1. The van der Waals surface area contributed by atoms with Crippen molar-refractivity contribution < 1.29 is 9.53 Å². The summed E-state index contributed by atoms with van der Waals surface area (Å²) in [6.07, 6.45) is 3.21. The summed E-state index contributed by atoms with van der Waals surface area (Å²) in [5.74, 6) is 0.133. The molecule has 2 atom stereocenters. The third-order valence-corrected chi connectivity index (χ3v) is 3.59. The molecule has 0 bridgehead atoms. The highest BCUT2D eigenvalue weighted by atomic mass is 16.5. The van der Waals surface area contributed by atoms with Gasteiger partial charge in [0.05, 0.1) is 12.0 Å². The minimum Gasteiger partial charge on any atom is -0.457 e. The van der Waals surface area contributed by atoms with E-state index < -0.39 is 0 Å². The fourth-order valence-corrected chi connectivity index (χ4v) is 2.28. The number of aromatic nitrogens is 3. The highest BCUT2D eigenvalue weighted by Crippen LogP contribution is 2.59. The molecule has 1 aliphatic rings. The van der Waals surface area contributed by atoms with Crippen molar-refractivity contribution in [2.24, 2.45) is 17.3 Å². The lowest BCUT2D eigenvalue weighted by molar-refractivity contribution is -0.147. The average Bonchev–Trinajstić information content (AvgIpc) is 2.76. The molecule has 1 aliphatic carbocycles. The molecule has 1 heterocycles. The van der Waals surface area contributed by atoms with Crippen LogP contribution in [0.3, 0.4) is 0 Å². The van der Waals surface area contributed by atoms with Crippen LogP contribution in [0.2, 0.25) is 0 Å². The molecule has 6 nitrogen and oxygen atoms in total. The molecule has 1 fully saturated rings. The summed E-state index contributed by atoms with van der Waals surface area (Å²) in [5, 5.41) is 15.1. The second-order valence-electron chi connectivity index (χ2n) is 5.33. The number of hydrogen-bond acceptors (Lipinski definition) is 5. The Morgan fingerprint density at radius 1 is 1.68 bits per heavy atom. The summed E-state index contributed by atoms with van der Waals surface area (Å²) in [6.45, 7) is 5.84. The minimum absolute atomic E-state index is 0.0642. The van der Waals surface area contributed by atoms with Crippen LogP contribution >= 0.6 is 0 Å². The number of hydrogen-bond donors (Lipinski definition) is 1. The van der Waals surface area contributed by atoms with Gasteiger partial charge in [-0.2, -0.15) is 10.4 Å². The highest BCUT2D eigenvalue weighted by molar-refractivity contribution is 5.78. The SMILES string of the molecule is C/C(C#N)=C/[C@@H]1[C@@H](C(=O)OCc2ncn[nH]2)C1(C)C. The zero-order valence-corrected chi connectivity index (χ0v) is 11.2. The summed E-state index contributed by atoms with van der Waals surface area (Å²) < 4.78 is 5.21. The Morgan fingerprint density at radius 3 is 3.00 bits per heavy atom. The first-order valence-electron chi connectivity index (χ1n) is 6.06. The largest absolute Gasteiger partial charge is 0.457 e. The van der Waals surface area contributed by atoms with Crippen LogP contribution in [0.1, 0.15) is 26.6 Å². The van der Waals surface area contributed by atoms with E-state index in [1.165, 1.54) is 6.33 Å². The van der Waals surface area contributed by atoms with E-state index in [-0.39, 0.29) is 29.8 Å². The van der Waals surface area contributed by atoms with Crippen LogP contribution in [0.25, 0.3) is 0 Å². The van der Waals surface area contributed by atoms with Crippen molar-refractivity contribution in [1.29, 1.82) is 5.26 Å². The van der Waals surface area contributed by atoms with E-state index in [9.17, 15) is 4.79 Å². The third-order valence-electron chi connectivity index (χ3n) is 3.59. The van der Waals surface area contributed by atoms with E-state index in [0.717, 1.165) is 0 Å². The second-order valence-corrected chi connectivity index (χ2v) is 5.33. The van der Waals surface area contributed by atoms with Gasteiger partial charge in [-0.1, -0.05) is 19.9 Å². The van der Waals surface area contributed by atoms with Gasteiger partial charge in [0, 0.05) is 5.57 Å². The minimum atomic E-state index is -0.256. The van der Waals surface area contributed by atoms with Crippen molar-refractivity contribution >= 4 is 5.97 Å². The summed E-state index contributed by atoms with van der Waals surface area (Å²) in [5.41, 5.74) is 0.472. The predicted octanol–water partition coefficient (Wildman–Crippen LogP) is 1.59. The predicted molar refractivity (Wildman–Crippen MR) is 66.3 cm³/mol. The van der Waals surface area contributed by atoms with E-state index >= 15 is 0 Å². The van der Waals surface area contributed by atoms with Crippen molar-refractivity contribution in [1.82, 2.24) is 15.2 Å². The van der Waals surface area contributed by atoms with Crippen LogP contribution in [-0.4, -0.2) is 21.2 Å².